The molecule has 168 valence electrons. The van der Waals surface area contributed by atoms with Crippen LogP contribution in [0.15, 0.2) is 48.5 Å². The molecular weight excluding hydrogens is 407 g/mol. The molecule has 0 fully saturated rings. The van der Waals surface area contributed by atoms with Gasteiger partial charge in [0.25, 0.3) is 0 Å². The molecule has 0 radical (unpaired) electrons. The van der Waals surface area contributed by atoms with E-state index in [1.54, 1.807) is 6.07 Å². The molecule has 1 heterocycles. The summed E-state index contributed by atoms with van der Waals surface area (Å²) in [4.78, 5) is 24.7. The summed E-state index contributed by atoms with van der Waals surface area (Å²) in [6.07, 6.45) is 3.06. The molecule has 2 N–H and O–H groups in total. The average Bonchev–Trinajstić information content (AvgIpc) is 3.07. The van der Waals surface area contributed by atoms with Crippen LogP contribution in [0.2, 0.25) is 0 Å². The maximum atomic E-state index is 14.1. The first-order valence-electron chi connectivity index (χ1n) is 11.3. The third-order valence-corrected chi connectivity index (χ3v) is 6.52. The Morgan fingerprint density at radius 2 is 1.97 bits per heavy atom. The van der Waals surface area contributed by atoms with E-state index in [-0.39, 0.29) is 23.7 Å². The second-order valence-corrected chi connectivity index (χ2v) is 8.76. The van der Waals surface area contributed by atoms with Gasteiger partial charge in [-0.3, -0.25) is 4.79 Å². The van der Waals surface area contributed by atoms with Gasteiger partial charge in [-0.2, -0.15) is 0 Å². The van der Waals surface area contributed by atoms with Gasteiger partial charge in [-0.1, -0.05) is 44.2 Å². The van der Waals surface area contributed by atoms with E-state index in [0.29, 0.717) is 25.7 Å². The van der Waals surface area contributed by atoms with Crippen molar-refractivity contribution in [3.05, 3.63) is 71.2 Å². The van der Waals surface area contributed by atoms with Gasteiger partial charge in [0.2, 0.25) is 5.91 Å². The number of nitrogens with zero attached hydrogens (tertiary/aromatic N) is 1. The lowest BCUT2D eigenvalue weighted by Gasteiger charge is -2.27. The number of aromatic nitrogens is 1. The molecular formula is C26H29FN2O3. The lowest BCUT2D eigenvalue weighted by Crippen LogP contribution is -2.42. The lowest BCUT2D eigenvalue weighted by atomic mass is 9.90. The van der Waals surface area contributed by atoms with E-state index >= 15 is 0 Å². The molecule has 6 heteroatoms. The van der Waals surface area contributed by atoms with Crippen molar-refractivity contribution in [3.8, 4) is 0 Å². The maximum absolute atomic E-state index is 14.1. The Kier molecular flexibility index (Phi) is 6.31. The van der Waals surface area contributed by atoms with E-state index in [2.05, 4.69) is 5.32 Å². The number of carboxylic acids is 1. The fourth-order valence-electron chi connectivity index (χ4n) is 4.92. The summed E-state index contributed by atoms with van der Waals surface area (Å²) in [5, 5.41) is 13.7. The minimum Gasteiger partial charge on any atom is -0.480 e. The number of nitrogens with one attached hydrogen (secondary N) is 1. The number of amides is 1. The summed E-state index contributed by atoms with van der Waals surface area (Å²) in [6.45, 7) is 3.77. The van der Waals surface area contributed by atoms with Crippen LogP contribution in [0.25, 0.3) is 10.9 Å². The minimum atomic E-state index is -0.887. The quantitative estimate of drug-likeness (QED) is 0.566. The van der Waals surface area contributed by atoms with Gasteiger partial charge in [0.05, 0.1) is 0 Å². The summed E-state index contributed by atoms with van der Waals surface area (Å²) in [6, 6.07) is 13.7. The average molecular weight is 437 g/mol. The highest BCUT2D eigenvalue weighted by Gasteiger charge is 2.31. The molecule has 32 heavy (non-hydrogen) atoms. The number of carbonyl (C=O) groups excluding carboxylic acids is 1. The number of hydrogen-bond acceptors (Lipinski definition) is 2. The molecule has 1 aliphatic carbocycles. The van der Waals surface area contributed by atoms with Gasteiger partial charge in [-0.05, 0) is 61.4 Å². The van der Waals surface area contributed by atoms with Crippen molar-refractivity contribution in [2.75, 3.05) is 0 Å². The number of rotatable bonds is 7. The third-order valence-electron chi connectivity index (χ3n) is 6.52. The van der Waals surface area contributed by atoms with Crippen LogP contribution in [-0.4, -0.2) is 27.6 Å². The molecule has 5 nitrogen and oxygen atoms in total. The van der Waals surface area contributed by atoms with Crippen molar-refractivity contribution >= 4 is 22.8 Å². The molecule has 1 amide bonds. The Bertz CT molecular complexity index is 1140. The van der Waals surface area contributed by atoms with Crippen LogP contribution in [0.3, 0.4) is 0 Å². The molecule has 1 unspecified atom stereocenters. The van der Waals surface area contributed by atoms with Gasteiger partial charge in [0.1, 0.15) is 11.9 Å². The zero-order valence-corrected chi connectivity index (χ0v) is 18.5. The molecule has 0 spiro atoms. The van der Waals surface area contributed by atoms with E-state index in [1.807, 2.05) is 48.7 Å². The number of aliphatic carboxylic acids is 1. The molecule has 3 atom stereocenters. The molecule has 2 aromatic carbocycles. The van der Waals surface area contributed by atoms with Gasteiger partial charge in [-0.15, -0.1) is 0 Å². The number of carboxylic acid groups (broad SMARTS) is 1. The van der Waals surface area contributed by atoms with Crippen LogP contribution < -0.4 is 5.32 Å². The second-order valence-electron chi connectivity index (χ2n) is 8.76. The highest BCUT2D eigenvalue weighted by molar-refractivity contribution is 5.88. The van der Waals surface area contributed by atoms with Crippen LogP contribution in [0.5, 0.6) is 0 Å². The number of hydrogen-bond donors (Lipinski definition) is 2. The fraction of sp³-hybridized carbons (Fsp3) is 0.385. The summed E-state index contributed by atoms with van der Waals surface area (Å²) < 4.78 is 15.9. The first-order chi connectivity index (χ1) is 15.4. The molecule has 4 rings (SSSR count). The van der Waals surface area contributed by atoms with E-state index in [4.69, 9.17) is 0 Å². The summed E-state index contributed by atoms with van der Waals surface area (Å²) in [5.74, 6) is -1.38. The van der Waals surface area contributed by atoms with Crippen molar-refractivity contribution in [1.29, 1.82) is 0 Å². The zero-order chi connectivity index (χ0) is 22.8. The highest BCUT2D eigenvalue weighted by Crippen LogP contribution is 2.36. The first-order valence-corrected chi connectivity index (χ1v) is 11.3. The Labute approximate surface area is 187 Å². The van der Waals surface area contributed by atoms with Crippen LogP contribution in [0.4, 0.5) is 4.39 Å². The SMILES string of the molecule is CCC(C(=O)O)n1c2c(c3cc(F)ccc31)C[C@@H](NC(=O)[C@H](C)Cc1ccccc1)CC2. The van der Waals surface area contributed by atoms with Gasteiger partial charge in [0, 0.05) is 28.6 Å². The maximum Gasteiger partial charge on any atom is 0.326 e. The minimum absolute atomic E-state index is 0.00851. The predicted octanol–water partition coefficient (Wildman–Crippen LogP) is 4.67. The highest BCUT2D eigenvalue weighted by atomic mass is 19.1. The predicted molar refractivity (Wildman–Crippen MR) is 122 cm³/mol. The van der Waals surface area contributed by atoms with Crippen LogP contribution in [-0.2, 0) is 28.9 Å². The smallest absolute Gasteiger partial charge is 0.326 e. The lowest BCUT2D eigenvalue weighted by molar-refractivity contribution is -0.141. The van der Waals surface area contributed by atoms with Gasteiger partial charge >= 0.3 is 5.97 Å². The van der Waals surface area contributed by atoms with Crippen molar-refractivity contribution in [3.63, 3.8) is 0 Å². The molecule has 0 bridgehead atoms. The normalized spacial score (nSPS) is 17.5. The van der Waals surface area contributed by atoms with E-state index < -0.39 is 12.0 Å². The van der Waals surface area contributed by atoms with E-state index in [9.17, 15) is 19.1 Å². The van der Waals surface area contributed by atoms with Gasteiger partial charge in [-0.25, -0.2) is 9.18 Å². The Balaban J connectivity index is 1.58. The second kappa shape index (κ2) is 9.15. The summed E-state index contributed by atoms with van der Waals surface area (Å²) in [5.41, 5.74) is 3.77. The van der Waals surface area contributed by atoms with Crippen LogP contribution in [0.1, 0.15) is 49.6 Å². The Morgan fingerprint density at radius 1 is 1.22 bits per heavy atom. The van der Waals surface area contributed by atoms with Gasteiger partial charge in [0.15, 0.2) is 0 Å². The number of halogens is 1. The van der Waals surface area contributed by atoms with Crippen LogP contribution in [0, 0.1) is 11.7 Å². The monoisotopic (exact) mass is 436 g/mol. The molecule has 0 saturated heterocycles. The molecule has 0 saturated carbocycles. The third kappa shape index (κ3) is 4.27. The molecule has 1 aromatic heterocycles. The molecule has 1 aliphatic rings. The first kappa shape index (κ1) is 22.1. The van der Waals surface area contributed by atoms with E-state index in [1.165, 1.54) is 12.1 Å². The molecule has 0 aliphatic heterocycles. The van der Waals surface area contributed by atoms with Crippen molar-refractivity contribution in [1.82, 2.24) is 9.88 Å². The number of benzene rings is 2. The summed E-state index contributed by atoms with van der Waals surface area (Å²) >= 11 is 0. The van der Waals surface area contributed by atoms with Gasteiger partial charge < -0.3 is 15.0 Å². The standard InChI is InChI=1S/C26H29FN2O3/c1-3-22(26(31)32)29-23-11-9-18(27)14-20(23)21-15-19(10-12-24(21)29)28-25(30)16(2)13-17-7-5-4-6-8-17/h4-9,11,14,16,19,22H,3,10,12-13,15H2,1-2H3,(H,28,30)(H,31,32)/t16-,19+,22?/m1/s1. The summed E-state index contributed by atoms with van der Waals surface area (Å²) in [7, 11) is 0. The fourth-order valence-corrected chi connectivity index (χ4v) is 4.92. The molecule has 3 aromatic rings. The number of carbonyl (C=O) groups is 2. The Morgan fingerprint density at radius 3 is 2.66 bits per heavy atom. The Hall–Kier alpha value is -3.15. The van der Waals surface area contributed by atoms with Crippen molar-refractivity contribution in [2.45, 2.75) is 58.0 Å². The topological polar surface area (TPSA) is 71.3 Å². The van der Waals surface area contributed by atoms with E-state index in [0.717, 1.165) is 34.1 Å². The number of fused-ring (bicyclic) bond motifs is 3. The van der Waals surface area contributed by atoms with Crippen molar-refractivity contribution < 1.29 is 19.1 Å². The van der Waals surface area contributed by atoms with Crippen molar-refractivity contribution in [2.24, 2.45) is 5.92 Å². The largest absolute Gasteiger partial charge is 0.480 e. The zero-order valence-electron chi connectivity index (χ0n) is 18.5. The van der Waals surface area contributed by atoms with Crippen LogP contribution >= 0.6 is 0 Å².